The van der Waals surface area contributed by atoms with Crippen LogP contribution >= 0.6 is 0 Å². The van der Waals surface area contributed by atoms with E-state index in [1.54, 1.807) is 12.1 Å². The van der Waals surface area contributed by atoms with Crippen molar-refractivity contribution in [2.45, 2.75) is 6.54 Å². The molecule has 1 saturated heterocycles. The second-order valence-corrected chi connectivity index (χ2v) is 6.67. The number of rotatable bonds is 5. The lowest BCUT2D eigenvalue weighted by atomic mass is 10.1. The minimum Gasteiger partial charge on any atom is -0.378 e. The Morgan fingerprint density at radius 1 is 1.04 bits per heavy atom. The quantitative estimate of drug-likeness (QED) is 0.388. The predicted molar refractivity (Wildman–Crippen MR) is 105 cm³/mol. The Kier molecular flexibility index (Phi) is 5.25. The maximum Gasteiger partial charge on any atom is 0.269 e. The highest BCUT2D eigenvalue weighted by Gasteiger charge is 2.19. The van der Waals surface area contributed by atoms with Gasteiger partial charge in [0, 0.05) is 42.0 Å². The van der Waals surface area contributed by atoms with Gasteiger partial charge in [0.05, 0.1) is 23.7 Å². The summed E-state index contributed by atoms with van der Waals surface area (Å²) >= 11 is 0. The third-order valence-electron chi connectivity index (χ3n) is 4.74. The van der Waals surface area contributed by atoms with Crippen LogP contribution in [0.15, 0.2) is 66.9 Å². The summed E-state index contributed by atoms with van der Waals surface area (Å²) in [5, 5.41) is 15.7. The van der Waals surface area contributed by atoms with Crippen molar-refractivity contribution in [1.82, 2.24) is 5.10 Å². The van der Waals surface area contributed by atoms with Crippen molar-refractivity contribution in [1.29, 1.82) is 0 Å². The minimum absolute atomic E-state index is 0.0914. The molecule has 1 aliphatic heterocycles. The average molecular weight is 377 g/mol. The van der Waals surface area contributed by atoms with Gasteiger partial charge in [-0.2, -0.15) is 0 Å². The van der Waals surface area contributed by atoms with Crippen LogP contribution in [-0.4, -0.2) is 36.3 Å². The van der Waals surface area contributed by atoms with E-state index in [1.807, 2.05) is 29.1 Å². The van der Waals surface area contributed by atoms with Crippen LogP contribution in [0.3, 0.4) is 0 Å². The maximum absolute atomic E-state index is 10.9. The van der Waals surface area contributed by atoms with E-state index in [4.69, 9.17) is 9.84 Å². The number of nitro groups is 1. The summed E-state index contributed by atoms with van der Waals surface area (Å²) < 4.78 is 7.36. The normalized spacial score (nSPS) is 14.1. The standard InChI is InChI=1S/C21H21N4O3/c26-25(27)20-8-6-17(7-9-20)15-24-16-19(18-4-2-1-3-5-18)14-21(22-24)23-10-12-28-13-11-23/h1-9,14,16H,10-13,15H2/q+1. The molecule has 7 nitrogen and oxygen atoms in total. The Balaban J connectivity index is 1.67. The molecule has 0 spiro atoms. The predicted octanol–water partition coefficient (Wildman–Crippen LogP) is 2.83. The Morgan fingerprint density at radius 2 is 1.75 bits per heavy atom. The third kappa shape index (κ3) is 4.15. The molecule has 0 bridgehead atoms. The molecule has 2 aromatic carbocycles. The van der Waals surface area contributed by atoms with Gasteiger partial charge in [-0.05, 0) is 17.7 Å². The highest BCUT2D eigenvalue weighted by atomic mass is 16.6. The third-order valence-corrected chi connectivity index (χ3v) is 4.74. The van der Waals surface area contributed by atoms with Gasteiger partial charge in [0.15, 0.2) is 12.4 Å². The fourth-order valence-corrected chi connectivity index (χ4v) is 3.25. The van der Waals surface area contributed by atoms with E-state index in [9.17, 15) is 10.1 Å². The second-order valence-electron chi connectivity index (χ2n) is 6.67. The Labute approximate surface area is 163 Å². The summed E-state index contributed by atoms with van der Waals surface area (Å²) in [7, 11) is 0. The van der Waals surface area contributed by atoms with Crippen LogP contribution in [0.5, 0.6) is 0 Å². The lowest BCUT2D eigenvalue weighted by Crippen LogP contribution is -2.43. The van der Waals surface area contributed by atoms with E-state index in [1.165, 1.54) is 12.1 Å². The average Bonchev–Trinajstić information content (AvgIpc) is 2.75. The number of aromatic nitrogens is 2. The van der Waals surface area contributed by atoms with Gasteiger partial charge in [0.2, 0.25) is 6.20 Å². The molecule has 0 unspecified atom stereocenters. The number of hydrogen-bond acceptors (Lipinski definition) is 5. The van der Waals surface area contributed by atoms with Crippen molar-refractivity contribution in [3.63, 3.8) is 0 Å². The van der Waals surface area contributed by atoms with E-state index >= 15 is 0 Å². The highest BCUT2D eigenvalue weighted by Crippen LogP contribution is 2.22. The second kappa shape index (κ2) is 8.14. The molecular formula is C21H21N4O3+. The van der Waals surface area contributed by atoms with Gasteiger partial charge in [0.25, 0.3) is 5.69 Å². The number of nitro benzene ring substituents is 1. The first-order valence-electron chi connectivity index (χ1n) is 9.22. The summed E-state index contributed by atoms with van der Waals surface area (Å²) in [5.74, 6) is 0.909. The molecule has 0 amide bonds. The summed E-state index contributed by atoms with van der Waals surface area (Å²) in [6.07, 6.45) is 2.01. The largest absolute Gasteiger partial charge is 0.378 e. The molecular weight excluding hydrogens is 356 g/mol. The Bertz CT molecular complexity index is 955. The van der Waals surface area contributed by atoms with E-state index in [-0.39, 0.29) is 10.6 Å². The first kappa shape index (κ1) is 18.1. The van der Waals surface area contributed by atoms with Gasteiger partial charge in [0.1, 0.15) is 0 Å². The Morgan fingerprint density at radius 3 is 2.43 bits per heavy atom. The van der Waals surface area contributed by atoms with Crippen molar-refractivity contribution in [3.05, 3.63) is 82.5 Å². The van der Waals surface area contributed by atoms with Crippen molar-refractivity contribution >= 4 is 11.5 Å². The monoisotopic (exact) mass is 377 g/mol. The van der Waals surface area contributed by atoms with Gasteiger partial charge in [-0.3, -0.25) is 10.1 Å². The van der Waals surface area contributed by atoms with Gasteiger partial charge >= 0.3 is 0 Å². The number of benzene rings is 2. The molecule has 1 aromatic heterocycles. The molecule has 2 heterocycles. The summed E-state index contributed by atoms with van der Waals surface area (Å²) in [4.78, 5) is 12.7. The first-order valence-corrected chi connectivity index (χ1v) is 9.22. The van der Waals surface area contributed by atoms with Crippen molar-refractivity contribution in [2.75, 3.05) is 31.2 Å². The lowest BCUT2D eigenvalue weighted by Gasteiger charge is -2.26. The number of morpholine rings is 1. The van der Waals surface area contributed by atoms with Crippen LogP contribution in [0.25, 0.3) is 11.1 Å². The minimum atomic E-state index is -0.387. The fraction of sp³-hybridized carbons (Fsp3) is 0.238. The molecule has 0 saturated carbocycles. The molecule has 0 aliphatic carbocycles. The summed E-state index contributed by atoms with van der Waals surface area (Å²) in [5.41, 5.74) is 3.26. The number of hydrogen-bond donors (Lipinski definition) is 0. The zero-order chi connectivity index (χ0) is 19.3. The van der Waals surface area contributed by atoms with Crippen molar-refractivity contribution in [3.8, 4) is 11.1 Å². The number of anilines is 1. The summed E-state index contributed by atoms with van der Waals surface area (Å²) in [6.45, 7) is 3.54. The zero-order valence-electron chi connectivity index (χ0n) is 15.4. The Hall–Kier alpha value is -3.32. The zero-order valence-corrected chi connectivity index (χ0v) is 15.4. The SMILES string of the molecule is O=[N+]([O-])c1ccc(C[n+]2cc(-c3ccccc3)cc(N3CCOCC3)n2)cc1. The molecule has 3 aromatic rings. The van der Waals surface area contributed by atoms with E-state index in [0.717, 1.165) is 35.6 Å². The molecule has 0 atom stereocenters. The first-order chi connectivity index (χ1) is 13.7. The van der Waals surface area contributed by atoms with E-state index < -0.39 is 0 Å². The van der Waals surface area contributed by atoms with Crippen LogP contribution in [-0.2, 0) is 11.3 Å². The van der Waals surface area contributed by atoms with Crippen molar-refractivity contribution in [2.24, 2.45) is 0 Å². The molecule has 4 rings (SSSR count). The smallest absolute Gasteiger partial charge is 0.269 e. The van der Waals surface area contributed by atoms with Crippen molar-refractivity contribution < 1.29 is 14.3 Å². The van der Waals surface area contributed by atoms with Crippen LogP contribution in [0.4, 0.5) is 11.5 Å². The fourth-order valence-electron chi connectivity index (χ4n) is 3.25. The number of ether oxygens (including phenoxy) is 1. The van der Waals surface area contributed by atoms with Crippen LogP contribution in [0.1, 0.15) is 5.56 Å². The van der Waals surface area contributed by atoms with Gasteiger partial charge in [-0.15, -0.1) is 0 Å². The van der Waals surface area contributed by atoms with Gasteiger partial charge < -0.3 is 9.64 Å². The number of non-ortho nitro benzene ring substituents is 1. The van der Waals surface area contributed by atoms with Crippen LogP contribution in [0, 0.1) is 10.1 Å². The summed E-state index contributed by atoms with van der Waals surface area (Å²) in [6, 6.07) is 18.9. The highest BCUT2D eigenvalue weighted by molar-refractivity contribution is 5.64. The molecule has 0 radical (unpaired) electrons. The topological polar surface area (TPSA) is 72.4 Å². The molecule has 142 valence electrons. The molecule has 0 N–H and O–H groups in total. The molecule has 1 fully saturated rings. The van der Waals surface area contributed by atoms with Gasteiger partial charge in [-0.25, -0.2) is 0 Å². The van der Waals surface area contributed by atoms with Gasteiger partial charge in [-0.1, -0.05) is 35.0 Å². The molecule has 1 aliphatic rings. The van der Waals surface area contributed by atoms with E-state index in [2.05, 4.69) is 23.1 Å². The molecule has 28 heavy (non-hydrogen) atoms. The lowest BCUT2D eigenvalue weighted by molar-refractivity contribution is -0.744. The van der Waals surface area contributed by atoms with Crippen LogP contribution < -0.4 is 9.58 Å². The number of nitrogens with zero attached hydrogens (tertiary/aromatic N) is 4. The molecule has 7 heteroatoms. The van der Waals surface area contributed by atoms with Crippen LogP contribution in [0.2, 0.25) is 0 Å². The van der Waals surface area contributed by atoms with E-state index in [0.29, 0.717) is 19.8 Å². The maximum atomic E-state index is 10.9.